The van der Waals surface area contributed by atoms with E-state index in [0.717, 1.165) is 34.4 Å². The first-order valence-corrected chi connectivity index (χ1v) is 13.6. The number of aliphatic imine (C=N–C) groups is 1. The highest BCUT2D eigenvalue weighted by atomic mass is 32.2. The molecule has 0 aromatic heterocycles. The normalized spacial score (nSPS) is 16.3. The van der Waals surface area contributed by atoms with Crippen molar-refractivity contribution < 1.29 is 32.2 Å². The molecule has 194 valence electrons. The molecule has 2 aromatic rings. The molecule has 0 aliphatic carbocycles. The van der Waals surface area contributed by atoms with Crippen molar-refractivity contribution in [1.82, 2.24) is 4.90 Å². The molecule has 37 heavy (non-hydrogen) atoms. The van der Waals surface area contributed by atoms with Gasteiger partial charge in [-0.25, -0.2) is 13.3 Å². The molecule has 0 atom stereocenters. The quantitative estimate of drug-likeness (QED) is 0.302. The molecule has 0 fully saturated rings. The Kier molecular flexibility index (Phi) is 7.55. The van der Waals surface area contributed by atoms with Crippen LogP contribution in [0.4, 0.5) is 0 Å². The maximum Gasteiger partial charge on any atom is 0.283 e. The number of hydrogen-bond acceptors (Lipinski definition) is 10. The van der Waals surface area contributed by atoms with Crippen molar-refractivity contribution in [3.63, 3.8) is 0 Å². The van der Waals surface area contributed by atoms with Gasteiger partial charge >= 0.3 is 0 Å². The van der Waals surface area contributed by atoms with Crippen LogP contribution in [0.2, 0.25) is 0 Å². The standard InChI is InChI=1S/C24H24N4O7S2/c1-14-5-7-16(8-6-14)34-9-10-35-20-18(32-2)12-15(13-19(20)33-3)11-17-21(25)28-23(26-22(17)29)36-27-24(28)37(4,30)31/h5-8,11-13,25H,9-10H2,1-4H3/b17-11-,25-21?. The Hall–Kier alpha value is -3.84. The van der Waals surface area contributed by atoms with Gasteiger partial charge in [0.25, 0.3) is 5.91 Å². The van der Waals surface area contributed by atoms with Gasteiger partial charge in [-0.3, -0.25) is 10.2 Å². The summed E-state index contributed by atoms with van der Waals surface area (Å²) in [4.78, 5) is 17.6. The number of fused-ring (bicyclic) bond motifs is 1. The monoisotopic (exact) mass is 544 g/mol. The second kappa shape index (κ2) is 10.6. The molecule has 1 N–H and O–H groups in total. The lowest BCUT2D eigenvalue weighted by Gasteiger charge is -2.24. The fraction of sp³-hybridized carbons (Fsp3) is 0.250. The molecule has 13 heteroatoms. The number of carbonyl (C=O) groups excluding carboxylic acids is 1. The summed E-state index contributed by atoms with van der Waals surface area (Å²) in [6, 6.07) is 10.9. The maximum absolute atomic E-state index is 12.7. The molecular weight excluding hydrogens is 520 g/mol. The van der Waals surface area contributed by atoms with Gasteiger partial charge in [-0.15, -0.1) is 0 Å². The molecular formula is C24H24N4O7S2. The number of carbonyl (C=O) groups is 1. The topological polar surface area (TPSA) is 140 Å². The number of nitrogens with zero attached hydrogens (tertiary/aromatic N) is 3. The van der Waals surface area contributed by atoms with Crippen molar-refractivity contribution in [3.05, 3.63) is 53.1 Å². The van der Waals surface area contributed by atoms with Crippen LogP contribution in [-0.4, -0.2) is 69.1 Å². The SMILES string of the molecule is COc1cc(/C=C2/C(=N)N3C(=NC2=O)SN=C3S(C)(=O)=O)cc(OC)c1OCCOc1ccc(C)cc1. The average molecular weight is 545 g/mol. The maximum atomic E-state index is 12.7. The zero-order valence-corrected chi connectivity index (χ0v) is 22.1. The first kappa shape index (κ1) is 26.2. The summed E-state index contributed by atoms with van der Waals surface area (Å²) in [5.41, 5.74) is 1.47. The molecule has 2 heterocycles. The van der Waals surface area contributed by atoms with E-state index in [-0.39, 0.29) is 35.0 Å². The minimum Gasteiger partial charge on any atom is -0.493 e. The van der Waals surface area contributed by atoms with Gasteiger partial charge in [-0.05, 0) is 42.8 Å². The first-order chi connectivity index (χ1) is 17.6. The first-order valence-electron chi connectivity index (χ1n) is 10.9. The summed E-state index contributed by atoms with van der Waals surface area (Å²) in [5, 5.41) is 8.15. The molecule has 0 spiro atoms. The molecule has 0 radical (unpaired) electrons. The smallest absolute Gasteiger partial charge is 0.283 e. The third-order valence-corrected chi connectivity index (χ3v) is 6.99. The summed E-state index contributed by atoms with van der Waals surface area (Å²) >= 11 is 0.729. The molecule has 0 unspecified atom stereocenters. The largest absolute Gasteiger partial charge is 0.493 e. The van der Waals surface area contributed by atoms with E-state index in [1.54, 1.807) is 12.1 Å². The lowest BCUT2D eigenvalue weighted by atomic mass is 10.1. The van der Waals surface area contributed by atoms with Crippen LogP contribution in [0.3, 0.4) is 0 Å². The third kappa shape index (κ3) is 5.62. The van der Waals surface area contributed by atoms with Crippen molar-refractivity contribution in [3.8, 4) is 23.0 Å². The summed E-state index contributed by atoms with van der Waals surface area (Å²) in [6.07, 6.45) is 2.38. The van der Waals surface area contributed by atoms with Crippen molar-refractivity contribution in [2.45, 2.75) is 6.92 Å². The zero-order chi connectivity index (χ0) is 26.7. The number of hydrogen-bond donors (Lipinski definition) is 1. The highest BCUT2D eigenvalue weighted by molar-refractivity contribution is 8.16. The molecule has 11 nitrogen and oxygen atoms in total. The second-order valence-corrected chi connectivity index (χ2v) is 10.6. The number of nitrogens with one attached hydrogen (secondary N) is 1. The summed E-state index contributed by atoms with van der Waals surface area (Å²) in [5.74, 6) is 0.676. The van der Waals surface area contributed by atoms with Crippen molar-refractivity contribution in [1.29, 1.82) is 5.41 Å². The van der Waals surface area contributed by atoms with Gasteiger partial charge in [0.2, 0.25) is 25.9 Å². The van der Waals surface area contributed by atoms with E-state index in [0.29, 0.717) is 22.8 Å². The van der Waals surface area contributed by atoms with Crippen LogP contribution in [0.15, 0.2) is 51.4 Å². The van der Waals surface area contributed by atoms with E-state index < -0.39 is 15.7 Å². The second-order valence-electron chi connectivity index (χ2n) is 7.94. The van der Waals surface area contributed by atoms with E-state index in [1.807, 2.05) is 31.2 Å². The van der Waals surface area contributed by atoms with E-state index in [1.165, 1.54) is 20.3 Å². The average Bonchev–Trinajstić information content (AvgIpc) is 3.30. The fourth-order valence-corrected chi connectivity index (χ4v) is 5.31. The Bertz CT molecular complexity index is 1420. The number of amidine groups is 3. The van der Waals surface area contributed by atoms with E-state index in [2.05, 4.69) is 9.39 Å². The number of methoxy groups -OCH3 is 2. The third-order valence-electron chi connectivity index (χ3n) is 5.24. The summed E-state index contributed by atoms with van der Waals surface area (Å²) in [6.45, 7) is 2.49. The highest BCUT2D eigenvalue weighted by Gasteiger charge is 2.41. The lowest BCUT2D eigenvalue weighted by Crippen LogP contribution is -2.45. The fourth-order valence-electron chi connectivity index (χ4n) is 3.47. The van der Waals surface area contributed by atoms with Crippen LogP contribution in [0.5, 0.6) is 23.0 Å². The summed E-state index contributed by atoms with van der Waals surface area (Å²) < 4.78 is 50.6. The predicted molar refractivity (Wildman–Crippen MR) is 142 cm³/mol. The molecule has 0 saturated carbocycles. The molecule has 4 rings (SSSR count). The van der Waals surface area contributed by atoms with Crippen LogP contribution in [-0.2, 0) is 14.6 Å². The molecule has 2 aromatic carbocycles. The van der Waals surface area contributed by atoms with Crippen LogP contribution in [0.1, 0.15) is 11.1 Å². The van der Waals surface area contributed by atoms with Gasteiger partial charge < -0.3 is 18.9 Å². The highest BCUT2D eigenvalue weighted by Crippen LogP contribution is 2.39. The van der Waals surface area contributed by atoms with E-state index in [4.69, 9.17) is 24.4 Å². The van der Waals surface area contributed by atoms with Gasteiger partial charge in [-0.1, -0.05) is 17.7 Å². The van der Waals surface area contributed by atoms with Crippen molar-refractivity contribution >= 4 is 49.9 Å². The minimum absolute atomic E-state index is 0.0133. The number of rotatable bonds is 8. The van der Waals surface area contributed by atoms with Gasteiger partial charge in [0, 0.05) is 6.26 Å². The van der Waals surface area contributed by atoms with Gasteiger partial charge in [0.05, 0.1) is 31.7 Å². The van der Waals surface area contributed by atoms with Crippen LogP contribution >= 0.6 is 11.9 Å². The molecule has 2 aliphatic rings. The Morgan fingerprint density at radius 2 is 1.68 bits per heavy atom. The van der Waals surface area contributed by atoms with Crippen LogP contribution in [0, 0.1) is 12.3 Å². The number of aryl methyl sites for hydroxylation is 1. The van der Waals surface area contributed by atoms with Crippen LogP contribution in [0.25, 0.3) is 6.08 Å². The van der Waals surface area contributed by atoms with Crippen molar-refractivity contribution in [2.75, 3.05) is 33.7 Å². The molecule has 2 aliphatic heterocycles. The molecule has 1 amide bonds. The summed E-state index contributed by atoms with van der Waals surface area (Å²) in [7, 11) is -0.829. The number of sulfone groups is 1. The number of amides is 1. The minimum atomic E-state index is -3.75. The number of ether oxygens (including phenoxy) is 4. The van der Waals surface area contributed by atoms with Crippen molar-refractivity contribution in [2.24, 2.45) is 9.39 Å². The Morgan fingerprint density at radius 1 is 1.05 bits per heavy atom. The van der Waals surface area contributed by atoms with Gasteiger partial charge in [0.1, 0.15) is 24.8 Å². The predicted octanol–water partition coefficient (Wildman–Crippen LogP) is 3.09. The molecule has 0 saturated heterocycles. The Morgan fingerprint density at radius 3 is 2.27 bits per heavy atom. The van der Waals surface area contributed by atoms with Gasteiger partial charge in [-0.2, -0.15) is 9.39 Å². The zero-order valence-electron chi connectivity index (χ0n) is 20.5. The Balaban J connectivity index is 1.56. The van der Waals surface area contributed by atoms with E-state index in [9.17, 15) is 13.2 Å². The lowest BCUT2D eigenvalue weighted by molar-refractivity contribution is -0.114. The van der Waals surface area contributed by atoms with E-state index >= 15 is 0 Å². The van der Waals surface area contributed by atoms with Gasteiger partial charge in [0.15, 0.2) is 11.5 Å². The number of benzene rings is 2. The van der Waals surface area contributed by atoms with Crippen LogP contribution < -0.4 is 18.9 Å². The Labute approximate surface area is 218 Å². The molecule has 0 bridgehead atoms.